The van der Waals surface area contributed by atoms with E-state index in [1.165, 1.54) is 7.11 Å². The van der Waals surface area contributed by atoms with Crippen LogP contribution in [0.5, 0.6) is 11.5 Å². The second kappa shape index (κ2) is 10.1. The van der Waals surface area contributed by atoms with Crippen LogP contribution in [0.1, 0.15) is 20.3 Å². The molecule has 0 aliphatic heterocycles. The van der Waals surface area contributed by atoms with E-state index in [9.17, 15) is 14.7 Å². The quantitative estimate of drug-likeness (QED) is 0.510. The van der Waals surface area contributed by atoms with Crippen molar-refractivity contribution in [1.29, 1.82) is 0 Å². The highest BCUT2D eigenvalue weighted by Crippen LogP contribution is 2.28. The predicted molar refractivity (Wildman–Crippen MR) is 118 cm³/mol. The van der Waals surface area contributed by atoms with Gasteiger partial charge in [0.1, 0.15) is 5.75 Å². The molecule has 1 atom stereocenters. The van der Waals surface area contributed by atoms with E-state index in [4.69, 9.17) is 13.9 Å². The lowest BCUT2D eigenvalue weighted by Gasteiger charge is -2.18. The van der Waals surface area contributed by atoms with Crippen LogP contribution >= 0.6 is 0 Å². The summed E-state index contributed by atoms with van der Waals surface area (Å²) in [6.45, 7) is 3.78. The number of rotatable bonds is 9. The summed E-state index contributed by atoms with van der Waals surface area (Å²) in [7, 11) is 1.52. The normalized spacial score (nSPS) is 12.0. The number of amides is 1. The molecule has 0 spiro atoms. The van der Waals surface area contributed by atoms with Crippen LogP contribution in [-0.4, -0.2) is 37.4 Å². The molecule has 1 aromatic heterocycles. The van der Waals surface area contributed by atoms with E-state index in [0.29, 0.717) is 40.5 Å². The molecule has 2 aromatic carbocycles. The molecule has 0 aliphatic rings. The molecule has 2 N–H and O–H groups in total. The van der Waals surface area contributed by atoms with Gasteiger partial charge in [0.25, 0.3) is 5.91 Å². The van der Waals surface area contributed by atoms with Gasteiger partial charge >= 0.3 is 5.63 Å². The van der Waals surface area contributed by atoms with Gasteiger partial charge in [-0.25, -0.2) is 4.79 Å². The van der Waals surface area contributed by atoms with Gasteiger partial charge in [-0.2, -0.15) is 0 Å². The predicted octanol–water partition coefficient (Wildman–Crippen LogP) is 3.37. The molecule has 7 heteroatoms. The molecule has 1 unspecified atom stereocenters. The number of benzene rings is 2. The monoisotopic (exact) mass is 425 g/mol. The van der Waals surface area contributed by atoms with Crippen molar-refractivity contribution in [2.75, 3.05) is 20.3 Å². The SMILES string of the molecule is COc1cccc2cc(-c3ccc(OCC(=O)NC(CO)CC(C)C)cc3)c(=O)oc12. The van der Waals surface area contributed by atoms with Crippen LogP contribution in [0.2, 0.25) is 0 Å². The fourth-order valence-corrected chi connectivity index (χ4v) is 3.38. The number of nitrogens with one attached hydrogen (secondary N) is 1. The maximum atomic E-state index is 12.5. The Morgan fingerprint density at radius 3 is 2.55 bits per heavy atom. The van der Waals surface area contributed by atoms with E-state index in [1.54, 1.807) is 36.4 Å². The Bertz CT molecular complexity index is 1090. The Kier molecular flexibility index (Phi) is 7.31. The average molecular weight is 425 g/mol. The number of ether oxygens (including phenoxy) is 2. The van der Waals surface area contributed by atoms with Crippen molar-refractivity contribution < 1.29 is 23.8 Å². The number of hydrogen-bond acceptors (Lipinski definition) is 6. The molecular formula is C24H27NO6. The molecule has 0 aliphatic carbocycles. The molecule has 0 saturated carbocycles. The molecule has 7 nitrogen and oxygen atoms in total. The standard InChI is InChI=1S/C24H27NO6/c1-15(2)11-18(13-26)25-22(27)14-30-19-9-7-16(8-10-19)20-12-17-5-4-6-21(29-3)23(17)31-24(20)28/h4-10,12,15,18,26H,11,13-14H2,1-3H3,(H,25,27). The first-order chi connectivity index (χ1) is 14.9. The summed E-state index contributed by atoms with van der Waals surface area (Å²) in [5.41, 5.74) is 1.03. The summed E-state index contributed by atoms with van der Waals surface area (Å²) < 4.78 is 16.2. The number of methoxy groups -OCH3 is 1. The van der Waals surface area contributed by atoms with Crippen LogP contribution in [0.25, 0.3) is 22.1 Å². The molecule has 0 saturated heterocycles. The van der Waals surface area contributed by atoms with Crippen LogP contribution in [-0.2, 0) is 4.79 Å². The van der Waals surface area contributed by atoms with Gasteiger partial charge in [-0.1, -0.05) is 38.1 Å². The zero-order chi connectivity index (χ0) is 22.4. The molecule has 3 aromatic rings. The van der Waals surface area contributed by atoms with Crippen LogP contribution in [0.4, 0.5) is 0 Å². The van der Waals surface area contributed by atoms with Crippen molar-refractivity contribution in [2.24, 2.45) is 5.92 Å². The number of aliphatic hydroxyl groups is 1. The first kappa shape index (κ1) is 22.4. The third kappa shape index (κ3) is 5.64. The van der Waals surface area contributed by atoms with E-state index in [2.05, 4.69) is 5.32 Å². The minimum atomic E-state index is -0.467. The summed E-state index contributed by atoms with van der Waals surface area (Å²) in [4.78, 5) is 24.5. The van der Waals surface area contributed by atoms with Gasteiger partial charge in [0.15, 0.2) is 17.9 Å². The molecule has 0 fully saturated rings. The molecular weight excluding hydrogens is 398 g/mol. The molecule has 0 radical (unpaired) electrons. The fraction of sp³-hybridized carbons (Fsp3) is 0.333. The van der Waals surface area contributed by atoms with Crippen LogP contribution in [0, 0.1) is 5.92 Å². The Morgan fingerprint density at radius 2 is 1.90 bits per heavy atom. The second-order valence-electron chi connectivity index (χ2n) is 7.72. The lowest BCUT2D eigenvalue weighted by atomic mass is 10.0. The first-order valence-electron chi connectivity index (χ1n) is 10.2. The third-order valence-electron chi connectivity index (χ3n) is 4.82. The Morgan fingerprint density at radius 1 is 1.16 bits per heavy atom. The van der Waals surface area contributed by atoms with E-state index < -0.39 is 5.63 Å². The summed E-state index contributed by atoms with van der Waals surface area (Å²) in [6.07, 6.45) is 0.692. The summed E-state index contributed by atoms with van der Waals surface area (Å²) in [5.74, 6) is 1.06. The number of carbonyl (C=O) groups is 1. The molecule has 31 heavy (non-hydrogen) atoms. The Balaban J connectivity index is 1.68. The van der Waals surface area contributed by atoms with E-state index in [-0.39, 0.29) is 25.2 Å². The number of aliphatic hydroxyl groups excluding tert-OH is 1. The number of hydrogen-bond donors (Lipinski definition) is 2. The maximum Gasteiger partial charge on any atom is 0.344 e. The van der Waals surface area contributed by atoms with Gasteiger partial charge in [0.05, 0.1) is 25.3 Å². The van der Waals surface area contributed by atoms with Crippen molar-refractivity contribution in [1.82, 2.24) is 5.32 Å². The largest absolute Gasteiger partial charge is 0.493 e. The molecule has 164 valence electrons. The number of para-hydroxylation sites is 1. The smallest absolute Gasteiger partial charge is 0.344 e. The maximum absolute atomic E-state index is 12.5. The molecule has 1 heterocycles. The highest BCUT2D eigenvalue weighted by Gasteiger charge is 2.14. The van der Waals surface area contributed by atoms with Gasteiger partial charge in [0, 0.05) is 5.39 Å². The zero-order valence-electron chi connectivity index (χ0n) is 17.9. The minimum Gasteiger partial charge on any atom is -0.493 e. The van der Waals surface area contributed by atoms with Crippen LogP contribution in [0.3, 0.4) is 0 Å². The highest BCUT2D eigenvalue weighted by atomic mass is 16.5. The van der Waals surface area contributed by atoms with Crippen molar-refractivity contribution in [2.45, 2.75) is 26.3 Å². The second-order valence-corrected chi connectivity index (χ2v) is 7.72. The average Bonchev–Trinajstić information content (AvgIpc) is 2.76. The number of carbonyl (C=O) groups excluding carboxylic acids is 1. The Labute approximate surface area is 180 Å². The van der Waals surface area contributed by atoms with Crippen LogP contribution in [0.15, 0.2) is 57.7 Å². The summed E-state index contributed by atoms with van der Waals surface area (Å²) in [5, 5.41) is 12.9. The van der Waals surface area contributed by atoms with Gasteiger partial charge in [-0.05, 0) is 42.2 Å². The molecule has 3 rings (SSSR count). The lowest BCUT2D eigenvalue weighted by Crippen LogP contribution is -2.40. The molecule has 1 amide bonds. The van der Waals surface area contributed by atoms with Crippen LogP contribution < -0.4 is 20.4 Å². The van der Waals surface area contributed by atoms with Gasteiger partial charge in [-0.3, -0.25) is 4.79 Å². The summed E-state index contributed by atoms with van der Waals surface area (Å²) in [6, 6.07) is 13.7. The number of fused-ring (bicyclic) bond motifs is 1. The molecule has 0 bridgehead atoms. The zero-order valence-corrected chi connectivity index (χ0v) is 17.9. The highest BCUT2D eigenvalue weighted by molar-refractivity contribution is 5.86. The fourth-order valence-electron chi connectivity index (χ4n) is 3.38. The summed E-state index contributed by atoms with van der Waals surface area (Å²) >= 11 is 0. The van der Waals surface area contributed by atoms with E-state index >= 15 is 0 Å². The van der Waals surface area contributed by atoms with Gasteiger partial charge < -0.3 is 24.3 Å². The topological polar surface area (TPSA) is 98.0 Å². The third-order valence-corrected chi connectivity index (χ3v) is 4.82. The van der Waals surface area contributed by atoms with E-state index in [1.807, 2.05) is 26.0 Å². The van der Waals surface area contributed by atoms with Gasteiger partial charge in [-0.15, -0.1) is 0 Å². The van der Waals surface area contributed by atoms with Gasteiger partial charge in [0.2, 0.25) is 0 Å². The Hall–Kier alpha value is -3.32. The van der Waals surface area contributed by atoms with E-state index in [0.717, 1.165) is 5.39 Å². The van der Waals surface area contributed by atoms with Crippen molar-refractivity contribution >= 4 is 16.9 Å². The van der Waals surface area contributed by atoms with Crippen molar-refractivity contribution in [3.05, 3.63) is 59.0 Å². The van der Waals surface area contributed by atoms with Crippen molar-refractivity contribution in [3.63, 3.8) is 0 Å². The first-order valence-corrected chi connectivity index (χ1v) is 10.2. The van der Waals surface area contributed by atoms with Crippen molar-refractivity contribution in [3.8, 4) is 22.6 Å². The lowest BCUT2D eigenvalue weighted by molar-refractivity contribution is -0.124. The minimum absolute atomic E-state index is 0.112.